The molecule has 1 atom stereocenters. The van der Waals surface area contributed by atoms with Gasteiger partial charge in [-0.05, 0) is 19.4 Å². The Morgan fingerprint density at radius 3 is 2.42 bits per heavy atom. The molecule has 10 nitrogen and oxygen atoms in total. The maximum Gasteiger partial charge on any atom is 0.413 e. The number of nitrogens with zero attached hydrogens (tertiary/aromatic N) is 2. The quantitative estimate of drug-likeness (QED) is 0.311. The van der Waals surface area contributed by atoms with Gasteiger partial charge in [0, 0.05) is 12.1 Å². The number of hydrogen-bond acceptors (Lipinski definition) is 9. The number of rotatable bonds is 10. The van der Waals surface area contributed by atoms with E-state index in [4.69, 9.17) is 18.9 Å². The second-order valence-corrected chi connectivity index (χ2v) is 6.49. The molecule has 0 bridgehead atoms. The molecule has 1 saturated heterocycles. The first-order valence-corrected chi connectivity index (χ1v) is 9.92. The summed E-state index contributed by atoms with van der Waals surface area (Å²) in [6.45, 7) is 3.12. The summed E-state index contributed by atoms with van der Waals surface area (Å²) in [5.41, 5.74) is 1.01. The zero-order valence-corrected chi connectivity index (χ0v) is 17.6. The highest BCUT2D eigenvalue weighted by Gasteiger charge is 2.39. The molecular formula is C21H26N2O8. The van der Waals surface area contributed by atoms with Crippen molar-refractivity contribution < 1.29 is 38.1 Å². The molecule has 1 heterocycles. The van der Waals surface area contributed by atoms with Crippen LogP contribution in [0.2, 0.25) is 0 Å². The van der Waals surface area contributed by atoms with Crippen LogP contribution in [-0.2, 0) is 39.9 Å². The van der Waals surface area contributed by atoms with Gasteiger partial charge >= 0.3 is 24.0 Å². The van der Waals surface area contributed by atoms with Crippen molar-refractivity contribution in [3.8, 4) is 0 Å². The normalized spacial score (nSPS) is 15.9. The fourth-order valence-electron chi connectivity index (χ4n) is 2.80. The van der Waals surface area contributed by atoms with E-state index in [1.807, 2.05) is 18.2 Å². The van der Waals surface area contributed by atoms with Gasteiger partial charge in [-0.15, -0.1) is 0 Å². The Bertz CT molecular complexity index is 809. The molecule has 0 aromatic heterocycles. The first-order chi connectivity index (χ1) is 14.9. The van der Waals surface area contributed by atoms with Crippen LogP contribution in [-0.4, -0.2) is 67.1 Å². The third-order valence-electron chi connectivity index (χ3n) is 4.25. The van der Waals surface area contributed by atoms with E-state index in [0.29, 0.717) is 0 Å². The van der Waals surface area contributed by atoms with Gasteiger partial charge in [0.1, 0.15) is 19.2 Å². The van der Waals surface area contributed by atoms with Crippen molar-refractivity contribution in [2.75, 3.05) is 26.5 Å². The molecule has 0 saturated carbocycles. The van der Waals surface area contributed by atoms with E-state index in [1.165, 1.54) is 0 Å². The average molecular weight is 434 g/mol. The molecule has 10 heteroatoms. The number of aliphatic imine (C=N–C) groups is 1. The van der Waals surface area contributed by atoms with Gasteiger partial charge in [-0.2, -0.15) is 0 Å². The van der Waals surface area contributed by atoms with Crippen molar-refractivity contribution in [1.29, 1.82) is 0 Å². The molecule has 31 heavy (non-hydrogen) atoms. The van der Waals surface area contributed by atoms with E-state index in [1.54, 1.807) is 26.0 Å². The SMILES string of the molecule is CCOC(=O)CN=C(CC(=O)OCC)C[C@H]1C(=O)OCN1C(=O)OCc1ccccc1. The van der Waals surface area contributed by atoms with E-state index in [0.717, 1.165) is 10.5 Å². The van der Waals surface area contributed by atoms with Gasteiger partial charge in [0.25, 0.3) is 0 Å². The van der Waals surface area contributed by atoms with Crippen molar-refractivity contribution in [3.05, 3.63) is 35.9 Å². The molecule has 0 spiro atoms. The number of carbonyl (C=O) groups is 4. The number of cyclic esters (lactones) is 1. The maximum absolute atomic E-state index is 12.5. The van der Waals surface area contributed by atoms with E-state index < -0.39 is 30.0 Å². The fraction of sp³-hybridized carbons (Fsp3) is 0.476. The van der Waals surface area contributed by atoms with Crippen LogP contribution in [0.4, 0.5) is 4.79 Å². The fourth-order valence-corrected chi connectivity index (χ4v) is 2.80. The van der Waals surface area contributed by atoms with Gasteiger partial charge in [-0.25, -0.2) is 9.59 Å². The van der Waals surface area contributed by atoms with Crippen LogP contribution < -0.4 is 0 Å². The summed E-state index contributed by atoms with van der Waals surface area (Å²) in [5, 5.41) is 0. The Hall–Kier alpha value is -3.43. The first kappa shape index (κ1) is 23.8. The van der Waals surface area contributed by atoms with Gasteiger partial charge in [0.2, 0.25) is 0 Å². The van der Waals surface area contributed by atoms with Crippen LogP contribution >= 0.6 is 0 Å². The van der Waals surface area contributed by atoms with Crippen LogP contribution in [0.1, 0.15) is 32.3 Å². The van der Waals surface area contributed by atoms with Crippen LogP contribution in [0.15, 0.2) is 35.3 Å². The summed E-state index contributed by atoms with van der Waals surface area (Å²) < 4.78 is 20.0. The second-order valence-electron chi connectivity index (χ2n) is 6.49. The molecule has 0 aliphatic carbocycles. The minimum Gasteiger partial charge on any atom is -0.466 e. The molecule has 0 radical (unpaired) electrons. The third-order valence-corrected chi connectivity index (χ3v) is 4.25. The highest BCUT2D eigenvalue weighted by Crippen LogP contribution is 2.19. The molecule has 1 aliphatic rings. The van der Waals surface area contributed by atoms with Gasteiger partial charge in [-0.3, -0.25) is 19.5 Å². The summed E-state index contributed by atoms with van der Waals surface area (Å²) >= 11 is 0. The van der Waals surface area contributed by atoms with Crippen molar-refractivity contribution in [2.24, 2.45) is 4.99 Å². The summed E-state index contributed by atoms with van der Waals surface area (Å²) in [6, 6.07) is 8.05. The van der Waals surface area contributed by atoms with Crippen LogP contribution in [0.25, 0.3) is 0 Å². The van der Waals surface area contributed by atoms with Crippen molar-refractivity contribution in [1.82, 2.24) is 4.90 Å². The lowest BCUT2D eigenvalue weighted by Gasteiger charge is -2.20. The van der Waals surface area contributed by atoms with Crippen molar-refractivity contribution in [2.45, 2.75) is 39.3 Å². The minimum atomic E-state index is -1.03. The lowest BCUT2D eigenvalue weighted by molar-refractivity contribution is -0.142. The summed E-state index contributed by atoms with van der Waals surface area (Å²) in [4.78, 5) is 53.5. The van der Waals surface area contributed by atoms with E-state index in [-0.39, 0.29) is 51.6 Å². The van der Waals surface area contributed by atoms with Crippen LogP contribution in [0.3, 0.4) is 0 Å². The Labute approximate surface area is 180 Å². The number of carbonyl (C=O) groups excluding carboxylic acids is 4. The minimum absolute atomic E-state index is 0.0315. The van der Waals surface area contributed by atoms with E-state index in [2.05, 4.69) is 4.99 Å². The van der Waals surface area contributed by atoms with Gasteiger partial charge < -0.3 is 18.9 Å². The molecule has 1 aliphatic heterocycles. The van der Waals surface area contributed by atoms with Gasteiger partial charge in [-0.1, -0.05) is 30.3 Å². The monoisotopic (exact) mass is 434 g/mol. The van der Waals surface area contributed by atoms with Crippen molar-refractivity contribution in [3.63, 3.8) is 0 Å². The third kappa shape index (κ3) is 7.72. The molecule has 1 amide bonds. The molecule has 0 N–H and O–H groups in total. The van der Waals surface area contributed by atoms with E-state index >= 15 is 0 Å². The second kappa shape index (κ2) is 12.3. The summed E-state index contributed by atoms with van der Waals surface area (Å²) in [5.74, 6) is -1.78. The van der Waals surface area contributed by atoms with E-state index in [9.17, 15) is 19.2 Å². The molecule has 1 aromatic rings. The summed E-state index contributed by atoms with van der Waals surface area (Å²) in [6.07, 6.45) is -1.07. The number of ether oxygens (including phenoxy) is 4. The molecular weight excluding hydrogens is 408 g/mol. The topological polar surface area (TPSA) is 121 Å². The first-order valence-electron chi connectivity index (χ1n) is 9.92. The predicted molar refractivity (Wildman–Crippen MR) is 108 cm³/mol. The Kier molecular flexibility index (Phi) is 9.47. The van der Waals surface area contributed by atoms with Gasteiger partial charge in [0.15, 0.2) is 6.73 Å². The smallest absolute Gasteiger partial charge is 0.413 e. The lowest BCUT2D eigenvalue weighted by Crippen LogP contribution is -2.40. The zero-order chi connectivity index (χ0) is 22.6. The zero-order valence-electron chi connectivity index (χ0n) is 17.6. The Balaban J connectivity index is 2.06. The number of hydrogen-bond donors (Lipinski definition) is 0. The Morgan fingerprint density at radius 1 is 1.06 bits per heavy atom. The average Bonchev–Trinajstić information content (AvgIpc) is 3.11. The number of benzene rings is 1. The summed E-state index contributed by atoms with van der Waals surface area (Å²) in [7, 11) is 0. The maximum atomic E-state index is 12.5. The predicted octanol–water partition coefficient (Wildman–Crippen LogP) is 1.86. The largest absolute Gasteiger partial charge is 0.466 e. The molecule has 0 unspecified atom stereocenters. The Morgan fingerprint density at radius 2 is 1.74 bits per heavy atom. The molecule has 2 rings (SSSR count). The molecule has 1 fully saturated rings. The number of esters is 3. The standard InChI is InChI=1S/C21H26N2O8/c1-3-28-18(24)11-16(22-12-19(25)29-4-2)10-17-20(26)31-14-23(17)21(27)30-13-15-8-6-5-7-9-15/h5-9,17H,3-4,10-14H2,1-2H3/t17-/m0/s1. The van der Waals surface area contributed by atoms with Gasteiger partial charge in [0.05, 0.1) is 19.6 Å². The van der Waals surface area contributed by atoms with Crippen molar-refractivity contribution >= 4 is 29.7 Å². The highest BCUT2D eigenvalue weighted by molar-refractivity contribution is 6.02. The van der Waals surface area contributed by atoms with Crippen LogP contribution in [0.5, 0.6) is 0 Å². The lowest BCUT2D eigenvalue weighted by atomic mass is 10.1. The molecule has 1 aromatic carbocycles. The highest BCUT2D eigenvalue weighted by atomic mass is 16.6. The molecule has 168 valence electrons. The number of amides is 1. The van der Waals surface area contributed by atoms with Crippen LogP contribution in [0, 0.1) is 0 Å².